The maximum absolute atomic E-state index is 13.0. The SMILES string of the molecule is CCOc1ccccc1N1CCN(C(=O)CCN(CC2CCCO2)C(=O)c2ccoc2)CC1. The molecule has 1 atom stereocenters. The molecule has 1 unspecified atom stereocenters. The third-order valence-electron chi connectivity index (χ3n) is 6.24. The molecule has 0 spiro atoms. The van der Waals surface area contributed by atoms with Crippen molar-refractivity contribution in [2.24, 2.45) is 0 Å². The van der Waals surface area contributed by atoms with Gasteiger partial charge in [0.15, 0.2) is 0 Å². The van der Waals surface area contributed by atoms with Crippen LogP contribution in [0, 0.1) is 0 Å². The highest BCUT2D eigenvalue weighted by Crippen LogP contribution is 2.29. The summed E-state index contributed by atoms with van der Waals surface area (Å²) in [7, 11) is 0. The Hall–Kier alpha value is -3.00. The highest BCUT2D eigenvalue weighted by atomic mass is 16.5. The van der Waals surface area contributed by atoms with E-state index >= 15 is 0 Å². The smallest absolute Gasteiger partial charge is 0.257 e. The van der Waals surface area contributed by atoms with E-state index in [9.17, 15) is 9.59 Å². The van der Waals surface area contributed by atoms with Gasteiger partial charge in [0.05, 0.1) is 30.2 Å². The first-order valence-corrected chi connectivity index (χ1v) is 11.8. The number of ether oxygens (including phenoxy) is 2. The van der Waals surface area contributed by atoms with Gasteiger partial charge in [0.1, 0.15) is 12.0 Å². The summed E-state index contributed by atoms with van der Waals surface area (Å²) in [6.45, 7) is 7.01. The van der Waals surface area contributed by atoms with Gasteiger partial charge in [0.2, 0.25) is 5.91 Å². The molecule has 2 fully saturated rings. The van der Waals surface area contributed by atoms with Gasteiger partial charge in [0.25, 0.3) is 5.91 Å². The highest BCUT2D eigenvalue weighted by Gasteiger charge is 2.27. The van der Waals surface area contributed by atoms with Crippen molar-refractivity contribution in [1.82, 2.24) is 9.80 Å². The minimum absolute atomic E-state index is 0.0323. The molecule has 0 saturated carbocycles. The van der Waals surface area contributed by atoms with E-state index in [-0.39, 0.29) is 17.9 Å². The van der Waals surface area contributed by atoms with Crippen molar-refractivity contribution in [2.75, 3.05) is 57.4 Å². The van der Waals surface area contributed by atoms with Gasteiger partial charge in [-0.15, -0.1) is 0 Å². The van der Waals surface area contributed by atoms with Gasteiger partial charge < -0.3 is 28.6 Å². The highest BCUT2D eigenvalue weighted by molar-refractivity contribution is 5.94. The fraction of sp³-hybridized carbons (Fsp3) is 0.520. The van der Waals surface area contributed by atoms with E-state index < -0.39 is 0 Å². The zero-order chi connectivity index (χ0) is 23.0. The summed E-state index contributed by atoms with van der Waals surface area (Å²) in [6, 6.07) is 9.69. The molecule has 0 aliphatic carbocycles. The molecule has 0 radical (unpaired) electrons. The lowest BCUT2D eigenvalue weighted by atomic mass is 10.2. The molecule has 4 rings (SSSR count). The lowest BCUT2D eigenvalue weighted by molar-refractivity contribution is -0.131. The maximum atomic E-state index is 13.0. The number of benzene rings is 1. The van der Waals surface area contributed by atoms with Gasteiger partial charge in [-0.2, -0.15) is 0 Å². The van der Waals surface area contributed by atoms with E-state index in [1.54, 1.807) is 11.0 Å². The van der Waals surface area contributed by atoms with Crippen molar-refractivity contribution in [3.8, 4) is 5.75 Å². The van der Waals surface area contributed by atoms with Crippen molar-refractivity contribution < 1.29 is 23.5 Å². The third-order valence-corrected chi connectivity index (χ3v) is 6.24. The molecule has 1 aromatic carbocycles. The molecule has 2 aliphatic rings. The van der Waals surface area contributed by atoms with E-state index in [1.165, 1.54) is 12.5 Å². The third kappa shape index (κ3) is 5.87. The first kappa shape index (κ1) is 23.2. The number of nitrogens with zero attached hydrogens (tertiary/aromatic N) is 3. The minimum Gasteiger partial charge on any atom is -0.492 e. The number of furan rings is 1. The molecule has 2 aromatic rings. The lowest BCUT2D eigenvalue weighted by Gasteiger charge is -2.37. The van der Waals surface area contributed by atoms with Crippen LogP contribution in [0.4, 0.5) is 5.69 Å². The topological polar surface area (TPSA) is 75.5 Å². The van der Waals surface area contributed by atoms with Gasteiger partial charge in [-0.05, 0) is 38.0 Å². The maximum Gasteiger partial charge on any atom is 0.257 e. The Bertz CT molecular complexity index is 903. The molecule has 8 nitrogen and oxygen atoms in total. The van der Waals surface area contributed by atoms with Crippen molar-refractivity contribution in [1.29, 1.82) is 0 Å². The largest absolute Gasteiger partial charge is 0.492 e. The number of para-hydroxylation sites is 2. The van der Waals surface area contributed by atoms with Crippen LogP contribution in [-0.4, -0.2) is 80.2 Å². The van der Waals surface area contributed by atoms with E-state index in [0.717, 1.165) is 44.0 Å². The van der Waals surface area contributed by atoms with Gasteiger partial charge in [-0.25, -0.2) is 0 Å². The van der Waals surface area contributed by atoms with Crippen molar-refractivity contribution in [3.63, 3.8) is 0 Å². The van der Waals surface area contributed by atoms with Crippen LogP contribution in [0.15, 0.2) is 47.3 Å². The van der Waals surface area contributed by atoms with Crippen LogP contribution in [0.5, 0.6) is 5.75 Å². The van der Waals surface area contributed by atoms with E-state index in [2.05, 4.69) is 11.0 Å². The van der Waals surface area contributed by atoms with Gasteiger partial charge in [-0.1, -0.05) is 12.1 Å². The molecule has 33 heavy (non-hydrogen) atoms. The van der Waals surface area contributed by atoms with E-state index in [0.29, 0.717) is 44.8 Å². The molecule has 3 heterocycles. The van der Waals surface area contributed by atoms with Gasteiger partial charge in [-0.3, -0.25) is 9.59 Å². The van der Waals surface area contributed by atoms with Crippen molar-refractivity contribution in [3.05, 3.63) is 48.4 Å². The number of amides is 2. The number of anilines is 1. The lowest BCUT2D eigenvalue weighted by Crippen LogP contribution is -2.49. The zero-order valence-corrected chi connectivity index (χ0v) is 19.3. The van der Waals surface area contributed by atoms with Crippen LogP contribution in [0.25, 0.3) is 0 Å². The van der Waals surface area contributed by atoms with Crippen LogP contribution in [0.1, 0.15) is 36.5 Å². The standard InChI is InChI=1S/C25H33N3O5/c1-2-32-23-8-4-3-7-22(23)26-12-14-27(15-13-26)24(29)9-11-28(18-21-6-5-16-33-21)25(30)20-10-17-31-19-20/h3-4,7-8,10,17,19,21H,2,5-6,9,11-16,18H2,1H3. The molecule has 1 aromatic heterocycles. The molecule has 8 heteroatoms. The Labute approximate surface area is 195 Å². The average molecular weight is 456 g/mol. The van der Waals surface area contributed by atoms with E-state index in [1.807, 2.05) is 30.0 Å². The average Bonchev–Trinajstić information content (AvgIpc) is 3.56. The molecular weight excluding hydrogens is 422 g/mol. The molecule has 2 aliphatic heterocycles. The predicted octanol–water partition coefficient (Wildman–Crippen LogP) is 3.04. The number of carbonyl (C=O) groups is 2. The first-order chi connectivity index (χ1) is 16.2. The van der Waals surface area contributed by atoms with Crippen molar-refractivity contribution in [2.45, 2.75) is 32.3 Å². The Balaban J connectivity index is 1.31. The molecule has 0 bridgehead atoms. The Morgan fingerprint density at radius 3 is 2.67 bits per heavy atom. The van der Waals surface area contributed by atoms with Gasteiger partial charge >= 0.3 is 0 Å². The second-order valence-electron chi connectivity index (χ2n) is 8.42. The number of hydrogen-bond donors (Lipinski definition) is 0. The fourth-order valence-electron chi connectivity index (χ4n) is 4.46. The van der Waals surface area contributed by atoms with E-state index in [4.69, 9.17) is 13.9 Å². The van der Waals surface area contributed by atoms with Crippen LogP contribution in [0.3, 0.4) is 0 Å². The molecule has 0 N–H and O–H groups in total. The van der Waals surface area contributed by atoms with Crippen LogP contribution in [0.2, 0.25) is 0 Å². The molecule has 2 saturated heterocycles. The molecule has 2 amide bonds. The summed E-state index contributed by atoms with van der Waals surface area (Å²) in [4.78, 5) is 31.8. The summed E-state index contributed by atoms with van der Waals surface area (Å²) < 4.78 is 16.6. The summed E-state index contributed by atoms with van der Waals surface area (Å²) >= 11 is 0. The number of piperazine rings is 1. The molecular formula is C25H33N3O5. The summed E-state index contributed by atoms with van der Waals surface area (Å²) in [5.74, 6) is 0.830. The quantitative estimate of drug-likeness (QED) is 0.579. The summed E-state index contributed by atoms with van der Waals surface area (Å²) in [5, 5.41) is 0. The Morgan fingerprint density at radius 2 is 1.97 bits per heavy atom. The normalized spacial score (nSPS) is 18.4. The monoisotopic (exact) mass is 455 g/mol. The Morgan fingerprint density at radius 1 is 1.15 bits per heavy atom. The summed E-state index contributed by atoms with van der Waals surface area (Å²) in [6.07, 6.45) is 5.22. The minimum atomic E-state index is -0.121. The number of hydrogen-bond acceptors (Lipinski definition) is 6. The van der Waals surface area contributed by atoms with Crippen LogP contribution < -0.4 is 9.64 Å². The second kappa shape index (κ2) is 11.2. The van der Waals surface area contributed by atoms with Gasteiger partial charge in [0, 0.05) is 52.3 Å². The Kier molecular flexibility index (Phi) is 7.88. The molecule has 178 valence electrons. The zero-order valence-electron chi connectivity index (χ0n) is 19.3. The van der Waals surface area contributed by atoms with Crippen molar-refractivity contribution >= 4 is 17.5 Å². The van der Waals surface area contributed by atoms with Crippen LogP contribution >= 0.6 is 0 Å². The second-order valence-corrected chi connectivity index (χ2v) is 8.42. The fourth-order valence-corrected chi connectivity index (χ4v) is 4.46. The summed E-state index contributed by atoms with van der Waals surface area (Å²) in [5.41, 5.74) is 1.57. The number of carbonyl (C=O) groups excluding carboxylic acids is 2. The first-order valence-electron chi connectivity index (χ1n) is 11.8. The van der Waals surface area contributed by atoms with Crippen LogP contribution in [-0.2, 0) is 9.53 Å². The predicted molar refractivity (Wildman–Crippen MR) is 125 cm³/mol. The number of rotatable bonds is 9.